The summed E-state index contributed by atoms with van der Waals surface area (Å²) < 4.78 is 10.7. The van der Waals surface area contributed by atoms with E-state index >= 15 is 0 Å². The summed E-state index contributed by atoms with van der Waals surface area (Å²) in [6.45, 7) is 1.99. The summed E-state index contributed by atoms with van der Waals surface area (Å²) in [5.41, 5.74) is 1.62. The average Bonchev–Trinajstić information content (AvgIpc) is 3.05. The van der Waals surface area contributed by atoms with E-state index in [1.54, 1.807) is 6.26 Å². The van der Waals surface area contributed by atoms with Crippen LogP contribution in [-0.2, 0) is 6.42 Å². The molecule has 0 spiro atoms. The summed E-state index contributed by atoms with van der Waals surface area (Å²) in [7, 11) is 0. The van der Waals surface area contributed by atoms with Gasteiger partial charge in [0, 0.05) is 18.2 Å². The summed E-state index contributed by atoms with van der Waals surface area (Å²) in [4.78, 5) is 4.38. The summed E-state index contributed by atoms with van der Waals surface area (Å²) >= 11 is 0. The highest BCUT2D eigenvalue weighted by atomic mass is 16.5. The number of nitrogens with zero attached hydrogens (tertiary/aromatic N) is 3. The van der Waals surface area contributed by atoms with E-state index in [2.05, 4.69) is 16.2 Å². The second-order valence-corrected chi connectivity index (χ2v) is 4.83. The zero-order valence-corrected chi connectivity index (χ0v) is 11.0. The lowest BCUT2D eigenvalue weighted by Gasteiger charge is -2.00. The summed E-state index contributed by atoms with van der Waals surface area (Å²) in [5, 5.41) is 13.6. The van der Waals surface area contributed by atoms with Crippen LogP contribution in [0.2, 0.25) is 0 Å². The fourth-order valence-corrected chi connectivity index (χ4v) is 2.12. The highest BCUT2D eigenvalue weighted by Gasteiger charge is 2.15. The Bertz CT molecular complexity index is 767. The van der Waals surface area contributed by atoms with Crippen molar-refractivity contribution in [3.63, 3.8) is 0 Å². The molecular formula is C15H13N3O2. The summed E-state index contributed by atoms with van der Waals surface area (Å²) in [6, 6.07) is 9.86. The molecule has 0 N–H and O–H groups in total. The maximum atomic E-state index is 8.66. The van der Waals surface area contributed by atoms with Gasteiger partial charge in [0.25, 0.3) is 0 Å². The molecule has 3 aromatic rings. The van der Waals surface area contributed by atoms with Crippen LogP contribution in [0.3, 0.4) is 0 Å². The Morgan fingerprint density at radius 3 is 3.05 bits per heavy atom. The Labute approximate surface area is 115 Å². The van der Waals surface area contributed by atoms with E-state index < -0.39 is 0 Å². The van der Waals surface area contributed by atoms with Crippen LogP contribution in [0.25, 0.3) is 22.4 Å². The fourth-order valence-electron chi connectivity index (χ4n) is 2.12. The van der Waals surface area contributed by atoms with Crippen molar-refractivity contribution in [3.05, 3.63) is 36.4 Å². The van der Waals surface area contributed by atoms with Gasteiger partial charge < -0.3 is 8.94 Å². The quantitative estimate of drug-likeness (QED) is 0.722. The van der Waals surface area contributed by atoms with Crippen LogP contribution >= 0.6 is 0 Å². The van der Waals surface area contributed by atoms with Gasteiger partial charge in [-0.1, -0.05) is 30.3 Å². The Hall–Kier alpha value is -2.61. The van der Waals surface area contributed by atoms with E-state index in [0.29, 0.717) is 24.6 Å². The van der Waals surface area contributed by atoms with Crippen molar-refractivity contribution in [1.82, 2.24) is 10.1 Å². The monoisotopic (exact) mass is 267 g/mol. The standard InChI is InChI=1S/C15H13N3O2/c1-10(6-7-16)8-14-17-15(18-20-14)12-9-19-13-5-3-2-4-11(12)13/h2-5,9-10H,6,8H2,1H3. The Morgan fingerprint density at radius 2 is 2.20 bits per heavy atom. The molecule has 0 bridgehead atoms. The van der Waals surface area contributed by atoms with Crippen molar-refractivity contribution in [2.24, 2.45) is 5.92 Å². The van der Waals surface area contributed by atoms with Gasteiger partial charge in [-0.25, -0.2) is 0 Å². The molecule has 1 aromatic carbocycles. The van der Waals surface area contributed by atoms with E-state index in [4.69, 9.17) is 14.2 Å². The molecule has 5 heteroatoms. The third-order valence-electron chi connectivity index (χ3n) is 3.15. The molecule has 1 unspecified atom stereocenters. The minimum atomic E-state index is 0.203. The zero-order chi connectivity index (χ0) is 13.9. The fraction of sp³-hybridized carbons (Fsp3) is 0.267. The van der Waals surface area contributed by atoms with Gasteiger partial charge in [0.15, 0.2) is 0 Å². The molecule has 0 aliphatic heterocycles. The minimum absolute atomic E-state index is 0.203. The molecule has 2 heterocycles. The molecule has 0 aliphatic rings. The van der Waals surface area contributed by atoms with Crippen LogP contribution < -0.4 is 0 Å². The average molecular weight is 267 g/mol. The van der Waals surface area contributed by atoms with E-state index in [1.165, 1.54) is 0 Å². The van der Waals surface area contributed by atoms with Crippen molar-refractivity contribution in [1.29, 1.82) is 5.26 Å². The number of hydrogen-bond acceptors (Lipinski definition) is 5. The second-order valence-electron chi connectivity index (χ2n) is 4.83. The van der Waals surface area contributed by atoms with Crippen molar-refractivity contribution < 1.29 is 8.94 Å². The van der Waals surface area contributed by atoms with Gasteiger partial charge in [-0.05, 0) is 12.0 Å². The topological polar surface area (TPSA) is 75.8 Å². The van der Waals surface area contributed by atoms with E-state index in [9.17, 15) is 0 Å². The second kappa shape index (κ2) is 5.17. The molecule has 0 aliphatic carbocycles. The highest BCUT2D eigenvalue weighted by molar-refractivity contribution is 5.91. The molecule has 5 nitrogen and oxygen atoms in total. The van der Waals surface area contributed by atoms with Crippen LogP contribution in [0.15, 0.2) is 39.5 Å². The number of nitriles is 1. The van der Waals surface area contributed by atoms with Gasteiger partial charge in [0.2, 0.25) is 11.7 Å². The van der Waals surface area contributed by atoms with Crippen molar-refractivity contribution in [2.75, 3.05) is 0 Å². The molecule has 2 aromatic heterocycles. The van der Waals surface area contributed by atoms with Gasteiger partial charge in [-0.3, -0.25) is 0 Å². The first-order chi connectivity index (χ1) is 9.78. The number of para-hydroxylation sites is 1. The number of rotatable bonds is 4. The Kier molecular flexibility index (Phi) is 3.21. The smallest absolute Gasteiger partial charge is 0.227 e. The number of hydrogen-bond donors (Lipinski definition) is 0. The van der Waals surface area contributed by atoms with Crippen molar-refractivity contribution in [2.45, 2.75) is 19.8 Å². The normalized spacial score (nSPS) is 12.4. The summed E-state index contributed by atoms with van der Waals surface area (Å²) in [6.07, 6.45) is 2.72. The number of benzene rings is 1. The molecular weight excluding hydrogens is 254 g/mol. The third-order valence-corrected chi connectivity index (χ3v) is 3.15. The first-order valence-electron chi connectivity index (χ1n) is 6.44. The highest BCUT2D eigenvalue weighted by Crippen LogP contribution is 2.28. The third kappa shape index (κ3) is 2.28. The molecule has 0 amide bonds. The number of fused-ring (bicyclic) bond motifs is 1. The summed E-state index contributed by atoms with van der Waals surface area (Å²) in [5.74, 6) is 1.27. The molecule has 0 saturated carbocycles. The molecule has 20 heavy (non-hydrogen) atoms. The molecule has 3 rings (SSSR count). The first-order valence-corrected chi connectivity index (χ1v) is 6.44. The van der Waals surface area contributed by atoms with Gasteiger partial charge >= 0.3 is 0 Å². The maximum absolute atomic E-state index is 8.66. The van der Waals surface area contributed by atoms with E-state index in [-0.39, 0.29) is 5.92 Å². The van der Waals surface area contributed by atoms with Gasteiger partial charge in [-0.2, -0.15) is 10.2 Å². The van der Waals surface area contributed by atoms with Crippen LogP contribution in [0, 0.1) is 17.2 Å². The van der Waals surface area contributed by atoms with Gasteiger partial charge in [0.1, 0.15) is 11.8 Å². The molecule has 0 radical (unpaired) electrons. The minimum Gasteiger partial charge on any atom is -0.464 e. The van der Waals surface area contributed by atoms with Crippen molar-refractivity contribution in [3.8, 4) is 17.5 Å². The van der Waals surface area contributed by atoms with Crippen LogP contribution in [-0.4, -0.2) is 10.1 Å². The van der Waals surface area contributed by atoms with Crippen LogP contribution in [0.4, 0.5) is 0 Å². The number of furan rings is 1. The Balaban J connectivity index is 1.88. The predicted octanol–water partition coefficient (Wildman–Crippen LogP) is 3.58. The molecule has 100 valence electrons. The van der Waals surface area contributed by atoms with Gasteiger partial charge in [0.05, 0.1) is 11.6 Å². The lowest BCUT2D eigenvalue weighted by atomic mass is 10.1. The number of aromatic nitrogens is 2. The molecule has 1 atom stereocenters. The van der Waals surface area contributed by atoms with Crippen molar-refractivity contribution >= 4 is 11.0 Å². The van der Waals surface area contributed by atoms with Crippen LogP contribution in [0.1, 0.15) is 19.2 Å². The first kappa shape index (κ1) is 12.4. The molecule has 0 fully saturated rings. The lowest BCUT2D eigenvalue weighted by molar-refractivity contribution is 0.359. The van der Waals surface area contributed by atoms with E-state index in [1.807, 2.05) is 31.2 Å². The largest absolute Gasteiger partial charge is 0.464 e. The Morgan fingerprint density at radius 1 is 1.35 bits per heavy atom. The lowest BCUT2D eigenvalue weighted by Crippen LogP contribution is -1.98. The zero-order valence-electron chi connectivity index (χ0n) is 11.0. The van der Waals surface area contributed by atoms with E-state index in [0.717, 1.165) is 16.5 Å². The molecule has 0 saturated heterocycles. The maximum Gasteiger partial charge on any atom is 0.227 e. The SMILES string of the molecule is CC(CC#N)Cc1nc(-c2coc3ccccc23)no1. The van der Waals surface area contributed by atoms with Crippen LogP contribution in [0.5, 0.6) is 0 Å². The predicted molar refractivity (Wildman–Crippen MR) is 72.6 cm³/mol. The van der Waals surface area contributed by atoms with Gasteiger partial charge in [-0.15, -0.1) is 0 Å².